The number of urea groups is 1. The standard InChI is InChI=1S/C37H40F3N5O8S/c1-44-16-6-4-3-5-7-24-20-36(24,34(47)43-54(49,50)28-13-14-28)42-32(46)31-19-27(21-45(31)35(44)48)52-33-29-15-12-26(51-2)17-23(29)18-30(41-33)22-8-10-25(11-9-22)53-37(38,39)40/h5,7-12,15,17-18,24,27-28,31H,3-4,6,13-14,16,19-21H2,1-2H3,(H,42,46)(H,43,47). The molecule has 4 aliphatic rings. The average molecular weight is 772 g/mol. The number of rotatable bonds is 8. The first-order chi connectivity index (χ1) is 25.7. The van der Waals surface area contributed by atoms with Gasteiger partial charge in [-0.1, -0.05) is 12.2 Å². The van der Waals surface area contributed by atoms with Crippen LogP contribution in [0, 0.1) is 5.92 Å². The molecule has 2 aromatic carbocycles. The van der Waals surface area contributed by atoms with E-state index in [0.29, 0.717) is 60.0 Å². The van der Waals surface area contributed by atoms with Gasteiger partial charge in [0.1, 0.15) is 29.2 Å². The average Bonchev–Trinajstić information content (AvgIpc) is 4.05. The predicted molar refractivity (Wildman–Crippen MR) is 190 cm³/mol. The van der Waals surface area contributed by atoms with Crippen LogP contribution in [0.15, 0.2) is 60.7 Å². The number of benzene rings is 2. The minimum Gasteiger partial charge on any atom is -0.497 e. The number of nitrogens with zero attached hydrogens (tertiary/aromatic N) is 3. The summed E-state index contributed by atoms with van der Waals surface area (Å²) in [7, 11) is -0.728. The second-order valence-electron chi connectivity index (χ2n) is 14.2. The molecule has 17 heteroatoms. The Bertz CT molecular complexity index is 2090. The second kappa shape index (κ2) is 14.3. The van der Waals surface area contributed by atoms with Gasteiger partial charge in [0.15, 0.2) is 0 Å². The van der Waals surface area contributed by atoms with Gasteiger partial charge in [-0.25, -0.2) is 18.2 Å². The van der Waals surface area contributed by atoms with Crippen LogP contribution in [0.1, 0.15) is 44.9 Å². The van der Waals surface area contributed by atoms with Crippen molar-refractivity contribution in [2.45, 2.75) is 74.2 Å². The number of aromatic nitrogens is 1. The minimum atomic E-state index is -4.85. The Morgan fingerprint density at radius 1 is 1.06 bits per heavy atom. The smallest absolute Gasteiger partial charge is 0.497 e. The van der Waals surface area contributed by atoms with E-state index in [-0.39, 0.29) is 25.3 Å². The molecule has 4 unspecified atom stereocenters. The number of sulfonamides is 1. The van der Waals surface area contributed by atoms with Gasteiger partial charge < -0.3 is 29.3 Å². The Labute approximate surface area is 309 Å². The van der Waals surface area contributed by atoms with Gasteiger partial charge in [0, 0.05) is 36.9 Å². The van der Waals surface area contributed by atoms with Gasteiger partial charge in [0.2, 0.25) is 21.8 Å². The first-order valence-electron chi connectivity index (χ1n) is 17.7. The molecule has 3 fully saturated rings. The monoisotopic (exact) mass is 771 g/mol. The number of carbonyl (C=O) groups is 3. The zero-order valence-electron chi connectivity index (χ0n) is 29.6. The van der Waals surface area contributed by atoms with Crippen LogP contribution in [0.5, 0.6) is 17.4 Å². The van der Waals surface area contributed by atoms with Gasteiger partial charge >= 0.3 is 12.4 Å². The number of alkyl halides is 3. The molecule has 2 N–H and O–H groups in total. The fourth-order valence-electron chi connectivity index (χ4n) is 7.05. The van der Waals surface area contributed by atoms with Crippen molar-refractivity contribution in [3.8, 4) is 28.6 Å². The molecule has 2 aliphatic heterocycles. The van der Waals surface area contributed by atoms with Crippen molar-refractivity contribution in [1.82, 2.24) is 24.8 Å². The number of halogens is 3. The second-order valence-corrected chi connectivity index (χ2v) is 16.2. The number of nitrogens with one attached hydrogen (secondary N) is 2. The number of allylic oxidation sites excluding steroid dienone is 1. The zero-order valence-corrected chi connectivity index (χ0v) is 30.4. The van der Waals surface area contributed by atoms with Crippen LogP contribution in [0.2, 0.25) is 0 Å². The summed E-state index contributed by atoms with van der Waals surface area (Å²) in [5.74, 6) is -1.54. The molecule has 13 nitrogen and oxygen atoms in total. The molecule has 7 rings (SSSR count). The Morgan fingerprint density at radius 2 is 1.80 bits per heavy atom. The molecule has 3 aromatic rings. The van der Waals surface area contributed by atoms with Crippen LogP contribution in [-0.2, 0) is 19.6 Å². The minimum absolute atomic E-state index is 0.00706. The highest BCUT2D eigenvalue weighted by molar-refractivity contribution is 7.91. The van der Waals surface area contributed by atoms with E-state index in [1.165, 1.54) is 41.2 Å². The molecule has 0 bridgehead atoms. The van der Waals surface area contributed by atoms with Crippen molar-refractivity contribution in [2.75, 3.05) is 27.2 Å². The third kappa shape index (κ3) is 7.91. The molecular weight excluding hydrogens is 731 g/mol. The van der Waals surface area contributed by atoms with Crippen molar-refractivity contribution >= 4 is 38.6 Å². The molecule has 1 saturated heterocycles. The third-order valence-electron chi connectivity index (χ3n) is 10.2. The first-order valence-corrected chi connectivity index (χ1v) is 19.3. The lowest BCUT2D eigenvalue weighted by molar-refractivity contribution is -0.274. The van der Waals surface area contributed by atoms with E-state index in [4.69, 9.17) is 14.5 Å². The van der Waals surface area contributed by atoms with Crippen LogP contribution in [0.4, 0.5) is 18.0 Å². The summed E-state index contributed by atoms with van der Waals surface area (Å²) in [6.07, 6.45) is 1.48. The Kier molecular flexibility index (Phi) is 9.87. The lowest BCUT2D eigenvalue weighted by Crippen LogP contribution is -2.57. The molecule has 2 saturated carbocycles. The number of carbonyl (C=O) groups excluding carboxylic acids is 3. The number of pyridine rings is 1. The van der Waals surface area contributed by atoms with Gasteiger partial charge in [-0.15, -0.1) is 13.2 Å². The molecule has 288 valence electrons. The fraction of sp³-hybridized carbons (Fsp3) is 0.459. The number of ether oxygens (including phenoxy) is 3. The molecule has 2 aliphatic carbocycles. The van der Waals surface area contributed by atoms with Crippen LogP contribution < -0.4 is 24.2 Å². The summed E-state index contributed by atoms with van der Waals surface area (Å²) in [5.41, 5.74) is -0.652. The van der Waals surface area contributed by atoms with E-state index in [1.807, 2.05) is 12.2 Å². The van der Waals surface area contributed by atoms with Crippen molar-refractivity contribution in [3.63, 3.8) is 0 Å². The maximum absolute atomic E-state index is 14.2. The molecule has 54 heavy (non-hydrogen) atoms. The maximum Gasteiger partial charge on any atom is 0.573 e. The normalized spacial score (nSPS) is 24.9. The summed E-state index contributed by atoms with van der Waals surface area (Å²) in [4.78, 5) is 49.3. The van der Waals surface area contributed by atoms with Gasteiger partial charge in [-0.3, -0.25) is 14.3 Å². The van der Waals surface area contributed by atoms with E-state index in [2.05, 4.69) is 14.8 Å². The molecule has 1 aromatic heterocycles. The molecule has 0 spiro atoms. The highest BCUT2D eigenvalue weighted by Crippen LogP contribution is 2.46. The predicted octanol–water partition coefficient (Wildman–Crippen LogP) is 4.91. The van der Waals surface area contributed by atoms with Crippen LogP contribution in [0.25, 0.3) is 22.0 Å². The summed E-state index contributed by atoms with van der Waals surface area (Å²) >= 11 is 0. The third-order valence-corrected chi connectivity index (χ3v) is 12.1. The van der Waals surface area contributed by atoms with Crippen molar-refractivity contribution in [2.24, 2.45) is 5.92 Å². The highest BCUT2D eigenvalue weighted by atomic mass is 32.2. The summed E-state index contributed by atoms with van der Waals surface area (Å²) in [6.45, 7) is 0.438. The number of methoxy groups -OCH3 is 1. The zero-order chi connectivity index (χ0) is 38.4. The van der Waals surface area contributed by atoms with Crippen molar-refractivity contribution in [1.29, 1.82) is 0 Å². The van der Waals surface area contributed by atoms with Crippen LogP contribution >= 0.6 is 0 Å². The quantitative estimate of drug-likeness (QED) is 0.304. The molecule has 0 radical (unpaired) electrons. The van der Waals surface area contributed by atoms with E-state index >= 15 is 0 Å². The van der Waals surface area contributed by atoms with E-state index in [9.17, 15) is 36.0 Å². The first kappa shape index (κ1) is 37.3. The lowest BCUT2D eigenvalue weighted by atomic mass is 10.1. The van der Waals surface area contributed by atoms with Gasteiger partial charge in [-0.2, -0.15) is 0 Å². The van der Waals surface area contributed by atoms with E-state index < -0.39 is 68.8 Å². The molecular formula is C37H40F3N5O8S. The molecule has 3 heterocycles. The molecule has 4 atom stereocenters. The number of fused-ring (bicyclic) bond motifs is 3. The SMILES string of the molecule is COc1ccc2c(OC3CC4C(=O)NC5(C(=O)NS(=O)(=O)C6CC6)CC5C=CCCCCN(C)C(=O)N4C3)nc(-c3ccc(OC(F)(F)F)cc3)cc2c1. The van der Waals surface area contributed by atoms with E-state index in [0.717, 1.165) is 6.42 Å². The molecule has 4 amide bonds. The highest BCUT2D eigenvalue weighted by Gasteiger charge is 2.62. The lowest BCUT2D eigenvalue weighted by Gasteiger charge is -2.30. The van der Waals surface area contributed by atoms with E-state index in [1.54, 1.807) is 31.3 Å². The fourth-order valence-corrected chi connectivity index (χ4v) is 8.41. The number of amides is 4. The summed E-state index contributed by atoms with van der Waals surface area (Å²) < 4.78 is 82.0. The summed E-state index contributed by atoms with van der Waals surface area (Å²) in [6, 6.07) is 10.7. The Hall–Kier alpha value is -5.06. The topological polar surface area (TPSA) is 156 Å². The summed E-state index contributed by atoms with van der Waals surface area (Å²) in [5, 5.41) is 3.44. The van der Waals surface area contributed by atoms with Crippen LogP contribution in [-0.4, -0.2) is 97.6 Å². The maximum atomic E-state index is 14.2. The Balaban J connectivity index is 1.19. The van der Waals surface area contributed by atoms with Gasteiger partial charge in [-0.05, 0) is 92.4 Å². The largest absolute Gasteiger partial charge is 0.573 e. The van der Waals surface area contributed by atoms with Crippen LogP contribution in [0.3, 0.4) is 0 Å². The van der Waals surface area contributed by atoms with Crippen molar-refractivity contribution < 1.29 is 50.2 Å². The van der Waals surface area contributed by atoms with Gasteiger partial charge in [0.05, 0.1) is 24.6 Å². The number of hydrogen-bond donors (Lipinski definition) is 2. The Morgan fingerprint density at radius 3 is 2.50 bits per heavy atom. The number of hydrogen-bond acceptors (Lipinski definition) is 9. The van der Waals surface area contributed by atoms with Crippen molar-refractivity contribution in [3.05, 3.63) is 60.7 Å². The van der Waals surface area contributed by atoms with Gasteiger partial charge in [0.25, 0.3) is 5.91 Å².